The van der Waals surface area contributed by atoms with Crippen LogP contribution in [0.15, 0.2) is 36.5 Å². The van der Waals surface area contributed by atoms with Crippen LogP contribution in [0.4, 0.5) is 4.39 Å². The van der Waals surface area contributed by atoms with Gasteiger partial charge in [-0.15, -0.1) is 0 Å². The van der Waals surface area contributed by atoms with E-state index in [2.05, 4.69) is 4.98 Å². The summed E-state index contributed by atoms with van der Waals surface area (Å²) in [4.78, 5) is 14.5. The molecule has 0 saturated heterocycles. The molecule has 0 aliphatic carbocycles. The smallest absolute Gasteiger partial charge is 0.255 e. The topological polar surface area (TPSA) is 65.2 Å². The van der Waals surface area contributed by atoms with E-state index in [-0.39, 0.29) is 12.4 Å². The Morgan fingerprint density at radius 1 is 1.42 bits per heavy atom. The van der Waals surface area contributed by atoms with E-state index in [0.717, 1.165) is 11.1 Å². The van der Waals surface area contributed by atoms with Gasteiger partial charge in [0.05, 0.1) is 0 Å². The van der Waals surface area contributed by atoms with Crippen molar-refractivity contribution in [3.05, 3.63) is 59.2 Å². The van der Waals surface area contributed by atoms with Gasteiger partial charge in [-0.3, -0.25) is 4.79 Å². The molecule has 0 radical (unpaired) electrons. The molecule has 0 saturated carbocycles. The van der Waals surface area contributed by atoms with Crippen LogP contribution in [0.3, 0.4) is 0 Å². The van der Waals surface area contributed by atoms with E-state index in [1.807, 2.05) is 6.92 Å². The van der Waals surface area contributed by atoms with E-state index in [0.29, 0.717) is 5.56 Å². The Morgan fingerprint density at radius 3 is 2.84 bits per heavy atom. The molecule has 0 aliphatic heterocycles. The molecule has 1 amide bonds. The third kappa shape index (κ3) is 3.07. The maximum Gasteiger partial charge on any atom is 0.255 e. The second-order valence-electron chi connectivity index (χ2n) is 4.09. The van der Waals surface area contributed by atoms with Crippen molar-refractivity contribution < 1.29 is 13.9 Å². The average Bonchev–Trinajstić information content (AvgIpc) is 2.39. The summed E-state index contributed by atoms with van der Waals surface area (Å²) in [7, 11) is 0. The van der Waals surface area contributed by atoms with Gasteiger partial charge in [0.15, 0.2) is 5.75 Å². The van der Waals surface area contributed by atoms with Crippen molar-refractivity contribution in [1.29, 1.82) is 0 Å². The fraction of sp³-hybridized carbons (Fsp3) is 0.143. The number of hydrogen-bond donors (Lipinski definition) is 1. The standard InChI is InChI=1S/C14H13FN2O2/c1-9-7-10(14(16)18)4-5-11(9)8-19-12-3-2-6-17-13(12)15/h2-7H,8H2,1H3,(H2,16,18). The monoisotopic (exact) mass is 260 g/mol. The summed E-state index contributed by atoms with van der Waals surface area (Å²) in [5.74, 6) is -1.02. The molecule has 19 heavy (non-hydrogen) atoms. The van der Waals surface area contributed by atoms with Crippen molar-refractivity contribution in [2.24, 2.45) is 5.73 Å². The zero-order valence-corrected chi connectivity index (χ0v) is 10.4. The minimum absolute atomic E-state index is 0.0980. The van der Waals surface area contributed by atoms with Gasteiger partial charge >= 0.3 is 0 Å². The Balaban J connectivity index is 2.12. The fourth-order valence-electron chi connectivity index (χ4n) is 1.65. The molecule has 0 fully saturated rings. The lowest BCUT2D eigenvalue weighted by Gasteiger charge is -2.09. The number of aryl methyl sites for hydroxylation is 1. The first-order chi connectivity index (χ1) is 9.08. The molecule has 0 aliphatic rings. The van der Waals surface area contributed by atoms with Gasteiger partial charge in [0, 0.05) is 11.8 Å². The molecular weight excluding hydrogens is 247 g/mol. The number of primary amides is 1. The zero-order chi connectivity index (χ0) is 13.8. The van der Waals surface area contributed by atoms with Crippen molar-refractivity contribution in [3.8, 4) is 5.75 Å². The zero-order valence-electron chi connectivity index (χ0n) is 10.4. The van der Waals surface area contributed by atoms with Crippen molar-refractivity contribution in [3.63, 3.8) is 0 Å². The van der Waals surface area contributed by atoms with Crippen LogP contribution in [-0.4, -0.2) is 10.9 Å². The number of pyridine rings is 1. The first-order valence-electron chi connectivity index (χ1n) is 5.70. The summed E-state index contributed by atoms with van der Waals surface area (Å²) >= 11 is 0. The van der Waals surface area contributed by atoms with Crippen LogP contribution in [0, 0.1) is 12.9 Å². The third-order valence-corrected chi connectivity index (χ3v) is 2.74. The summed E-state index contributed by atoms with van der Waals surface area (Å²) in [6.07, 6.45) is 1.36. The highest BCUT2D eigenvalue weighted by molar-refractivity contribution is 5.93. The Labute approximate surface area is 110 Å². The summed E-state index contributed by atoms with van der Waals surface area (Å²) in [5, 5.41) is 0. The molecular formula is C14H13FN2O2. The van der Waals surface area contributed by atoms with Crippen LogP contribution in [0.2, 0.25) is 0 Å². The molecule has 0 atom stereocenters. The Bertz CT molecular complexity index is 614. The predicted molar refractivity (Wildman–Crippen MR) is 68.2 cm³/mol. The highest BCUT2D eigenvalue weighted by Gasteiger charge is 2.07. The highest BCUT2D eigenvalue weighted by Crippen LogP contribution is 2.17. The molecule has 0 unspecified atom stereocenters. The number of aromatic nitrogens is 1. The highest BCUT2D eigenvalue weighted by atomic mass is 19.1. The average molecular weight is 260 g/mol. The number of benzene rings is 1. The quantitative estimate of drug-likeness (QED) is 0.857. The molecule has 2 rings (SSSR count). The van der Waals surface area contributed by atoms with Gasteiger partial charge in [0.2, 0.25) is 5.91 Å². The van der Waals surface area contributed by atoms with E-state index in [1.54, 1.807) is 24.3 Å². The van der Waals surface area contributed by atoms with Gasteiger partial charge in [0.25, 0.3) is 5.95 Å². The molecule has 5 heteroatoms. The lowest BCUT2D eigenvalue weighted by atomic mass is 10.1. The van der Waals surface area contributed by atoms with E-state index >= 15 is 0 Å². The van der Waals surface area contributed by atoms with Gasteiger partial charge in [-0.1, -0.05) is 6.07 Å². The first-order valence-corrected chi connectivity index (χ1v) is 5.70. The van der Waals surface area contributed by atoms with Crippen LogP contribution in [0.25, 0.3) is 0 Å². The lowest BCUT2D eigenvalue weighted by Crippen LogP contribution is -2.11. The molecule has 1 heterocycles. The third-order valence-electron chi connectivity index (χ3n) is 2.74. The van der Waals surface area contributed by atoms with E-state index in [9.17, 15) is 9.18 Å². The molecule has 2 N–H and O–H groups in total. The number of nitrogens with zero attached hydrogens (tertiary/aromatic N) is 1. The molecule has 98 valence electrons. The molecule has 0 bridgehead atoms. The van der Waals surface area contributed by atoms with Crippen LogP contribution in [0.1, 0.15) is 21.5 Å². The Morgan fingerprint density at radius 2 is 2.21 bits per heavy atom. The maximum absolute atomic E-state index is 13.3. The van der Waals surface area contributed by atoms with Gasteiger partial charge in [0.1, 0.15) is 6.61 Å². The molecule has 4 nitrogen and oxygen atoms in total. The largest absolute Gasteiger partial charge is 0.484 e. The Hall–Kier alpha value is -2.43. The number of rotatable bonds is 4. The second kappa shape index (κ2) is 5.48. The van der Waals surface area contributed by atoms with Gasteiger partial charge in [-0.2, -0.15) is 4.39 Å². The normalized spacial score (nSPS) is 10.2. The number of amides is 1. The van der Waals surface area contributed by atoms with Crippen molar-refractivity contribution in [2.75, 3.05) is 0 Å². The van der Waals surface area contributed by atoms with E-state index in [4.69, 9.17) is 10.5 Å². The summed E-state index contributed by atoms with van der Waals surface area (Å²) in [5.41, 5.74) is 7.34. The van der Waals surface area contributed by atoms with Crippen LogP contribution in [-0.2, 0) is 6.61 Å². The number of carbonyl (C=O) groups excluding carboxylic acids is 1. The van der Waals surface area contributed by atoms with Gasteiger partial charge in [-0.05, 0) is 42.3 Å². The van der Waals surface area contributed by atoms with Crippen molar-refractivity contribution in [2.45, 2.75) is 13.5 Å². The lowest BCUT2D eigenvalue weighted by molar-refractivity contribution is 0.1000. The van der Waals surface area contributed by atoms with Crippen molar-refractivity contribution in [1.82, 2.24) is 4.98 Å². The Kier molecular flexibility index (Phi) is 3.75. The predicted octanol–water partition coefficient (Wildman–Crippen LogP) is 2.21. The second-order valence-corrected chi connectivity index (χ2v) is 4.09. The summed E-state index contributed by atoms with van der Waals surface area (Å²) in [6, 6.07) is 8.15. The summed E-state index contributed by atoms with van der Waals surface area (Å²) < 4.78 is 18.6. The molecule has 2 aromatic rings. The summed E-state index contributed by atoms with van der Waals surface area (Å²) in [6.45, 7) is 2.04. The maximum atomic E-state index is 13.3. The number of ether oxygens (including phenoxy) is 1. The number of nitrogens with two attached hydrogens (primary N) is 1. The van der Waals surface area contributed by atoms with Crippen molar-refractivity contribution >= 4 is 5.91 Å². The van der Waals surface area contributed by atoms with E-state index in [1.165, 1.54) is 12.3 Å². The number of hydrogen-bond acceptors (Lipinski definition) is 3. The minimum Gasteiger partial charge on any atom is -0.484 e. The van der Waals surface area contributed by atoms with Gasteiger partial charge < -0.3 is 10.5 Å². The SMILES string of the molecule is Cc1cc(C(N)=O)ccc1COc1cccnc1F. The fourth-order valence-corrected chi connectivity index (χ4v) is 1.65. The number of halogens is 1. The molecule has 1 aromatic carbocycles. The number of carbonyl (C=O) groups is 1. The molecule has 0 spiro atoms. The van der Waals surface area contributed by atoms with E-state index < -0.39 is 11.9 Å². The first kappa shape index (κ1) is 13.0. The minimum atomic E-state index is -0.645. The van der Waals surface area contributed by atoms with Crippen LogP contribution < -0.4 is 10.5 Å². The van der Waals surface area contributed by atoms with Crippen LogP contribution in [0.5, 0.6) is 5.75 Å². The molecule has 1 aromatic heterocycles. The van der Waals surface area contributed by atoms with Gasteiger partial charge in [-0.25, -0.2) is 4.98 Å². The van der Waals surface area contributed by atoms with Crippen LogP contribution >= 0.6 is 0 Å².